The van der Waals surface area contributed by atoms with Crippen LogP contribution in [0.4, 0.5) is 0 Å². The summed E-state index contributed by atoms with van der Waals surface area (Å²) in [6, 6.07) is 4.24. The van der Waals surface area contributed by atoms with Gasteiger partial charge in [0.2, 0.25) is 0 Å². The predicted molar refractivity (Wildman–Crippen MR) is 92.9 cm³/mol. The van der Waals surface area contributed by atoms with Crippen LogP contribution in [-0.2, 0) is 4.43 Å². The van der Waals surface area contributed by atoms with Crippen molar-refractivity contribution in [1.29, 1.82) is 0 Å². The van der Waals surface area contributed by atoms with E-state index in [1.807, 2.05) is 0 Å². The van der Waals surface area contributed by atoms with Crippen LogP contribution in [0.2, 0.25) is 18.1 Å². The third-order valence-electron chi connectivity index (χ3n) is 5.07. The Hall–Kier alpha value is 0.177. The first kappa shape index (κ1) is 18.2. The molecule has 1 saturated heterocycles. The molecule has 0 radical (unpaired) electrons. The largest absolute Gasteiger partial charge is 0.417 e. The van der Waals surface area contributed by atoms with E-state index in [-0.39, 0.29) is 0 Å². The summed E-state index contributed by atoms with van der Waals surface area (Å²) in [7, 11) is -1.20. The van der Waals surface area contributed by atoms with Crippen molar-refractivity contribution in [3.05, 3.63) is 0 Å². The molecule has 0 atom stereocenters. The smallest absolute Gasteiger partial charge is 0.192 e. The fourth-order valence-electron chi connectivity index (χ4n) is 3.50. The summed E-state index contributed by atoms with van der Waals surface area (Å²) >= 11 is 0. The molecule has 1 fully saturated rings. The van der Waals surface area contributed by atoms with Crippen molar-refractivity contribution < 1.29 is 4.43 Å². The molecule has 1 aliphatic rings. The highest BCUT2D eigenvalue weighted by Crippen LogP contribution is 2.34. The van der Waals surface area contributed by atoms with Gasteiger partial charge in [-0.2, -0.15) is 0 Å². The Kier molecular flexibility index (Phi) is 10.7. The molecule has 1 aliphatic heterocycles. The van der Waals surface area contributed by atoms with Crippen molar-refractivity contribution in [2.24, 2.45) is 0 Å². The topological polar surface area (TPSA) is 9.23 Å². The molecule has 0 aromatic rings. The summed E-state index contributed by atoms with van der Waals surface area (Å²) in [4.78, 5) is 0. The predicted octanol–water partition coefficient (Wildman–Crippen LogP) is 6.68. The van der Waals surface area contributed by atoms with Crippen LogP contribution in [0.5, 0.6) is 0 Å². The molecular weight excluding hydrogens is 260 g/mol. The van der Waals surface area contributed by atoms with E-state index >= 15 is 0 Å². The van der Waals surface area contributed by atoms with Gasteiger partial charge >= 0.3 is 0 Å². The molecule has 0 N–H and O–H groups in total. The van der Waals surface area contributed by atoms with Crippen LogP contribution in [-0.4, -0.2) is 14.9 Å². The Morgan fingerprint density at radius 1 is 0.700 bits per heavy atom. The standard InChI is InChI=1S/C18H38OSi/c1-3-5-6-7-8-9-10-11-12-13-16-19-20(4-2)17-14-15-18-20/h3-18H2,1-2H3. The molecule has 1 nitrogen and oxygen atoms in total. The van der Waals surface area contributed by atoms with Crippen LogP contribution >= 0.6 is 0 Å². The zero-order valence-electron chi connectivity index (χ0n) is 14.2. The molecule has 120 valence electrons. The molecule has 0 saturated carbocycles. The van der Waals surface area contributed by atoms with Gasteiger partial charge in [0.25, 0.3) is 0 Å². The lowest BCUT2D eigenvalue weighted by Gasteiger charge is -2.25. The second kappa shape index (κ2) is 11.8. The van der Waals surface area contributed by atoms with Gasteiger partial charge in [0, 0.05) is 6.61 Å². The molecule has 20 heavy (non-hydrogen) atoms. The Labute approximate surface area is 129 Å². The monoisotopic (exact) mass is 298 g/mol. The fraction of sp³-hybridized carbons (Fsp3) is 1.00. The molecule has 0 unspecified atom stereocenters. The summed E-state index contributed by atoms with van der Waals surface area (Å²) in [6.45, 7) is 5.71. The van der Waals surface area contributed by atoms with E-state index < -0.39 is 8.32 Å². The molecule has 0 aromatic heterocycles. The normalized spacial score (nSPS) is 17.7. The van der Waals surface area contributed by atoms with Gasteiger partial charge in [-0.3, -0.25) is 0 Å². The maximum Gasteiger partial charge on any atom is 0.192 e. The van der Waals surface area contributed by atoms with Gasteiger partial charge in [-0.05, 0) is 24.6 Å². The van der Waals surface area contributed by atoms with E-state index in [0.717, 1.165) is 6.61 Å². The highest BCUT2D eigenvalue weighted by molar-refractivity contribution is 6.74. The lowest BCUT2D eigenvalue weighted by molar-refractivity contribution is 0.290. The Morgan fingerprint density at radius 3 is 1.70 bits per heavy atom. The van der Waals surface area contributed by atoms with E-state index in [2.05, 4.69) is 13.8 Å². The van der Waals surface area contributed by atoms with Crippen LogP contribution < -0.4 is 0 Å². The maximum absolute atomic E-state index is 6.35. The summed E-state index contributed by atoms with van der Waals surface area (Å²) in [5.74, 6) is 0. The average Bonchev–Trinajstić information content (AvgIpc) is 2.94. The van der Waals surface area contributed by atoms with Crippen molar-refractivity contribution in [2.45, 2.75) is 109 Å². The SMILES string of the molecule is CCCCCCCCCCCCO[Si]1(CC)CCCC1. The van der Waals surface area contributed by atoms with E-state index in [0.29, 0.717) is 0 Å². The van der Waals surface area contributed by atoms with Crippen molar-refractivity contribution in [3.63, 3.8) is 0 Å². The summed E-state index contributed by atoms with van der Waals surface area (Å²) in [6.07, 6.45) is 17.1. The second-order valence-electron chi connectivity index (χ2n) is 6.77. The summed E-state index contributed by atoms with van der Waals surface area (Å²) < 4.78 is 6.35. The Morgan fingerprint density at radius 2 is 1.20 bits per heavy atom. The van der Waals surface area contributed by atoms with Crippen LogP contribution in [0.15, 0.2) is 0 Å². The highest BCUT2D eigenvalue weighted by Gasteiger charge is 2.36. The lowest BCUT2D eigenvalue weighted by atomic mass is 10.1. The molecule has 1 heterocycles. The molecule has 0 spiro atoms. The second-order valence-corrected chi connectivity index (χ2v) is 11.1. The number of rotatable bonds is 13. The molecule has 2 heteroatoms. The molecule has 0 amide bonds. The molecule has 0 bridgehead atoms. The molecule has 0 aromatic carbocycles. The van der Waals surface area contributed by atoms with Gasteiger partial charge in [-0.25, -0.2) is 0 Å². The lowest BCUT2D eigenvalue weighted by Crippen LogP contribution is -2.33. The first-order valence-corrected chi connectivity index (χ1v) is 12.0. The Balaban J connectivity index is 1.83. The third-order valence-corrected chi connectivity index (χ3v) is 9.70. The van der Waals surface area contributed by atoms with E-state index in [1.165, 1.54) is 95.2 Å². The van der Waals surface area contributed by atoms with E-state index in [4.69, 9.17) is 4.43 Å². The number of hydrogen-bond acceptors (Lipinski definition) is 1. The first-order valence-electron chi connectivity index (χ1n) is 9.47. The van der Waals surface area contributed by atoms with Gasteiger partial charge in [-0.15, -0.1) is 0 Å². The average molecular weight is 299 g/mol. The molecule has 0 aliphatic carbocycles. The number of unbranched alkanes of at least 4 members (excludes halogenated alkanes) is 9. The van der Waals surface area contributed by atoms with Gasteiger partial charge in [0.05, 0.1) is 0 Å². The van der Waals surface area contributed by atoms with Crippen LogP contribution in [0, 0.1) is 0 Å². The quantitative estimate of drug-likeness (QED) is 0.272. The van der Waals surface area contributed by atoms with Crippen LogP contribution in [0.1, 0.15) is 90.9 Å². The summed E-state index contributed by atoms with van der Waals surface area (Å²) in [5, 5.41) is 0. The zero-order chi connectivity index (χ0) is 14.5. The molecule has 1 rings (SSSR count). The minimum atomic E-state index is -1.20. The zero-order valence-corrected chi connectivity index (χ0v) is 15.2. The third kappa shape index (κ3) is 7.83. The minimum absolute atomic E-state index is 1.07. The Bertz CT molecular complexity index is 211. The van der Waals surface area contributed by atoms with Crippen molar-refractivity contribution in [1.82, 2.24) is 0 Å². The van der Waals surface area contributed by atoms with Gasteiger partial charge < -0.3 is 4.43 Å². The van der Waals surface area contributed by atoms with Gasteiger partial charge in [-0.1, -0.05) is 84.5 Å². The van der Waals surface area contributed by atoms with Crippen molar-refractivity contribution in [2.75, 3.05) is 6.61 Å². The highest BCUT2D eigenvalue weighted by atomic mass is 28.4. The van der Waals surface area contributed by atoms with Crippen molar-refractivity contribution >= 4 is 8.32 Å². The maximum atomic E-state index is 6.35. The number of hydrogen-bond donors (Lipinski definition) is 0. The van der Waals surface area contributed by atoms with Gasteiger partial charge in [0.15, 0.2) is 8.32 Å². The van der Waals surface area contributed by atoms with Crippen LogP contribution in [0.3, 0.4) is 0 Å². The van der Waals surface area contributed by atoms with Gasteiger partial charge in [0.1, 0.15) is 0 Å². The van der Waals surface area contributed by atoms with E-state index in [9.17, 15) is 0 Å². The fourth-order valence-corrected chi connectivity index (χ4v) is 7.31. The molecular formula is C18H38OSi. The van der Waals surface area contributed by atoms with E-state index in [1.54, 1.807) is 0 Å². The first-order chi connectivity index (χ1) is 9.83. The van der Waals surface area contributed by atoms with Crippen LogP contribution in [0.25, 0.3) is 0 Å². The minimum Gasteiger partial charge on any atom is -0.417 e. The summed E-state index contributed by atoms with van der Waals surface area (Å²) in [5.41, 5.74) is 0. The van der Waals surface area contributed by atoms with Crippen molar-refractivity contribution in [3.8, 4) is 0 Å².